The van der Waals surface area contributed by atoms with Gasteiger partial charge in [0.25, 0.3) is 0 Å². The maximum atomic E-state index is 12.2. The van der Waals surface area contributed by atoms with E-state index in [9.17, 15) is 9.90 Å². The highest BCUT2D eigenvalue weighted by molar-refractivity contribution is 5.82. The molecule has 1 N–H and O–H groups in total. The summed E-state index contributed by atoms with van der Waals surface area (Å²) >= 11 is 0. The first-order valence-electron chi connectivity index (χ1n) is 8.70. The van der Waals surface area contributed by atoms with Crippen LogP contribution in [0.15, 0.2) is 41.7 Å². The van der Waals surface area contributed by atoms with Crippen LogP contribution in [0.1, 0.15) is 36.5 Å². The Hall–Kier alpha value is -2.11. The number of aliphatic carboxylic acids is 1. The van der Waals surface area contributed by atoms with E-state index < -0.39 is 23.6 Å². The van der Waals surface area contributed by atoms with Crippen LogP contribution in [0.3, 0.4) is 0 Å². The van der Waals surface area contributed by atoms with Crippen molar-refractivity contribution in [3.8, 4) is 0 Å². The molecule has 0 spiro atoms. The zero-order valence-electron chi connectivity index (χ0n) is 16.3. The first-order valence-corrected chi connectivity index (χ1v) is 8.70. The molecule has 1 aromatic carbocycles. The van der Waals surface area contributed by atoms with Crippen molar-refractivity contribution in [1.82, 2.24) is 0 Å². The van der Waals surface area contributed by atoms with Crippen LogP contribution >= 0.6 is 0 Å². The Bertz CT molecular complexity index is 734. The second-order valence-electron chi connectivity index (χ2n) is 6.67. The van der Waals surface area contributed by atoms with E-state index in [1.807, 2.05) is 45.0 Å². The van der Waals surface area contributed by atoms with Crippen LogP contribution in [-0.4, -0.2) is 44.1 Å². The van der Waals surface area contributed by atoms with E-state index in [0.717, 1.165) is 23.1 Å². The first kappa shape index (κ1) is 20.2. The third kappa shape index (κ3) is 3.55. The molecule has 142 valence electrons. The zero-order chi connectivity index (χ0) is 19.5. The summed E-state index contributed by atoms with van der Waals surface area (Å²) in [6.45, 7) is 5.91. The Morgan fingerprint density at radius 3 is 2.50 bits per heavy atom. The lowest BCUT2D eigenvalue weighted by Gasteiger charge is -2.38. The van der Waals surface area contributed by atoms with Crippen molar-refractivity contribution in [3.63, 3.8) is 0 Å². The van der Waals surface area contributed by atoms with Crippen LogP contribution in [0, 0.1) is 6.92 Å². The Labute approximate surface area is 155 Å². The lowest BCUT2D eigenvalue weighted by Crippen LogP contribution is -2.45. The number of carbonyl (C=O) groups is 1. The number of hydrogen-bond donors (Lipinski definition) is 1. The van der Waals surface area contributed by atoms with E-state index in [4.69, 9.17) is 14.2 Å². The molecule has 0 heterocycles. The summed E-state index contributed by atoms with van der Waals surface area (Å²) in [6, 6.07) is 5.79. The van der Waals surface area contributed by atoms with E-state index in [1.54, 1.807) is 27.4 Å². The molecule has 2 rings (SSSR count). The van der Waals surface area contributed by atoms with Crippen LogP contribution in [0.4, 0.5) is 0 Å². The van der Waals surface area contributed by atoms with Gasteiger partial charge < -0.3 is 19.3 Å². The Balaban J connectivity index is 2.66. The monoisotopic (exact) mass is 360 g/mol. The van der Waals surface area contributed by atoms with Gasteiger partial charge in [0, 0.05) is 14.2 Å². The van der Waals surface area contributed by atoms with Crippen molar-refractivity contribution < 1.29 is 24.1 Å². The summed E-state index contributed by atoms with van der Waals surface area (Å²) in [5, 5.41) is 10.0. The standard InChI is InChI=1S/C21H28O5/c1-7-15-13(2)9-8-10-16(15)18(20(22)23)14-11-17(24-4)19(25-5)21(3,12-14)26-6/h8-12,18-19H,7H2,1-6H3,(H,22,23). The summed E-state index contributed by atoms with van der Waals surface area (Å²) < 4.78 is 16.7. The van der Waals surface area contributed by atoms with Gasteiger partial charge in [-0.1, -0.05) is 25.1 Å². The van der Waals surface area contributed by atoms with Gasteiger partial charge in [0.05, 0.1) is 7.11 Å². The summed E-state index contributed by atoms with van der Waals surface area (Å²) in [6.07, 6.45) is 3.92. The minimum absolute atomic E-state index is 0.446. The highest BCUT2D eigenvalue weighted by atomic mass is 16.6. The fourth-order valence-corrected chi connectivity index (χ4v) is 3.75. The average molecular weight is 360 g/mol. The number of aryl methyl sites for hydroxylation is 1. The Morgan fingerprint density at radius 2 is 2.00 bits per heavy atom. The third-order valence-corrected chi connectivity index (χ3v) is 5.14. The van der Waals surface area contributed by atoms with Crippen molar-refractivity contribution in [1.29, 1.82) is 0 Å². The van der Waals surface area contributed by atoms with E-state index in [1.165, 1.54) is 0 Å². The third-order valence-electron chi connectivity index (χ3n) is 5.14. The van der Waals surface area contributed by atoms with Crippen molar-refractivity contribution in [2.75, 3.05) is 21.3 Å². The highest BCUT2D eigenvalue weighted by Gasteiger charge is 2.42. The number of allylic oxidation sites excluding steroid dienone is 1. The van der Waals surface area contributed by atoms with Gasteiger partial charge in [0.15, 0.2) is 0 Å². The molecule has 0 fully saturated rings. The highest BCUT2D eigenvalue weighted by Crippen LogP contribution is 2.39. The molecule has 5 nitrogen and oxygen atoms in total. The predicted molar refractivity (Wildman–Crippen MR) is 100 cm³/mol. The van der Waals surface area contributed by atoms with Crippen LogP contribution in [0.2, 0.25) is 0 Å². The van der Waals surface area contributed by atoms with Crippen LogP contribution in [-0.2, 0) is 25.4 Å². The molecular weight excluding hydrogens is 332 g/mol. The molecule has 3 unspecified atom stereocenters. The minimum Gasteiger partial charge on any atom is -0.498 e. The van der Waals surface area contributed by atoms with Gasteiger partial charge in [-0.25, -0.2) is 0 Å². The number of hydrogen-bond acceptors (Lipinski definition) is 4. The second kappa shape index (κ2) is 8.06. The van der Waals surface area contributed by atoms with Gasteiger partial charge >= 0.3 is 5.97 Å². The van der Waals surface area contributed by atoms with Gasteiger partial charge in [-0.05, 0) is 54.7 Å². The number of carboxylic acid groups (broad SMARTS) is 1. The summed E-state index contributed by atoms with van der Waals surface area (Å²) in [5.41, 5.74) is 2.75. The largest absolute Gasteiger partial charge is 0.498 e. The normalized spacial score (nSPS) is 23.8. The zero-order valence-corrected chi connectivity index (χ0v) is 16.3. The number of rotatable bonds is 7. The Kier molecular flexibility index (Phi) is 6.26. The van der Waals surface area contributed by atoms with Gasteiger partial charge in [-0.3, -0.25) is 4.79 Å². The van der Waals surface area contributed by atoms with E-state index in [-0.39, 0.29) is 0 Å². The van der Waals surface area contributed by atoms with E-state index in [2.05, 4.69) is 0 Å². The SMILES string of the molecule is CCc1c(C)cccc1C(C(=O)O)C1=CC(C)(OC)C(OC)C(OC)=C1. The lowest BCUT2D eigenvalue weighted by atomic mass is 9.79. The maximum Gasteiger partial charge on any atom is 0.315 e. The molecule has 0 radical (unpaired) electrons. The van der Waals surface area contributed by atoms with Crippen LogP contribution in [0.5, 0.6) is 0 Å². The molecule has 26 heavy (non-hydrogen) atoms. The molecule has 5 heteroatoms. The summed E-state index contributed by atoms with van der Waals surface area (Å²) in [4.78, 5) is 12.2. The Morgan fingerprint density at radius 1 is 1.31 bits per heavy atom. The summed E-state index contributed by atoms with van der Waals surface area (Å²) in [7, 11) is 4.72. The number of ether oxygens (including phenoxy) is 3. The molecule has 1 aliphatic rings. The quantitative estimate of drug-likeness (QED) is 0.805. The summed E-state index contributed by atoms with van der Waals surface area (Å²) in [5.74, 6) is -1.16. The second-order valence-corrected chi connectivity index (χ2v) is 6.67. The van der Waals surface area contributed by atoms with Crippen LogP contribution < -0.4 is 0 Å². The van der Waals surface area contributed by atoms with Crippen molar-refractivity contribution in [2.24, 2.45) is 0 Å². The lowest BCUT2D eigenvalue weighted by molar-refractivity contribution is -0.137. The predicted octanol–water partition coefficient (Wildman–Crippen LogP) is 3.62. The first-order chi connectivity index (χ1) is 12.3. The molecule has 0 amide bonds. The molecular formula is C21H28O5. The fourth-order valence-electron chi connectivity index (χ4n) is 3.75. The number of benzene rings is 1. The maximum absolute atomic E-state index is 12.2. The van der Waals surface area contributed by atoms with E-state index >= 15 is 0 Å². The molecule has 3 atom stereocenters. The molecule has 0 saturated carbocycles. The molecule has 1 aliphatic carbocycles. The topological polar surface area (TPSA) is 65.0 Å². The van der Waals surface area contributed by atoms with Gasteiger partial charge in [0.2, 0.25) is 0 Å². The van der Waals surface area contributed by atoms with Crippen molar-refractivity contribution >= 4 is 5.97 Å². The van der Waals surface area contributed by atoms with Gasteiger partial charge in [0.1, 0.15) is 23.4 Å². The minimum atomic E-state index is -0.905. The number of methoxy groups -OCH3 is 3. The van der Waals surface area contributed by atoms with Crippen molar-refractivity contribution in [2.45, 2.75) is 44.8 Å². The smallest absolute Gasteiger partial charge is 0.315 e. The molecule has 0 aromatic heterocycles. The van der Waals surface area contributed by atoms with Crippen LogP contribution in [0.25, 0.3) is 0 Å². The van der Waals surface area contributed by atoms with Gasteiger partial charge in [-0.15, -0.1) is 0 Å². The fraction of sp³-hybridized carbons (Fsp3) is 0.476. The molecule has 1 aromatic rings. The molecule has 0 saturated heterocycles. The van der Waals surface area contributed by atoms with Gasteiger partial charge in [-0.2, -0.15) is 0 Å². The average Bonchev–Trinajstić information content (AvgIpc) is 2.61. The number of carboxylic acids is 1. The van der Waals surface area contributed by atoms with E-state index in [0.29, 0.717) is 11.3 Å². The molecule has 0 bridgehead atoms. The molecule has 0 aliphatic heterocycles. The van der Waals surface area contributed by atoms with Crippen molar-refractivity contribution in [3.05, 3.63) is 58.4 Å².